The number of piperazine rings is 1. The first-order chi connectivity index (χ1) is 7.16. The lowest BCUT2D eigenvalue weighted by molar-refractivity contribution is -0.0112. The summed E-state index contributed by atoms with van der Waals surface area (Å²) in [6, 6.07) is 0. The monoisotopic (exact) mass is 209 g/mol. The number of hydrogen-bond acceptors (Lipinski definition) is 3. The summed E-state index contributed by atoms with van der Waals surface area (Å²) < 4.78 is 0. The van der Waals surface area contributed by atoms with Gasteiger partial charge in [0.05, 0.1) is 0 Å². The highest BCUT2D eigenvalue weighted by Gasteiger charge is 2.40. The summed E-state index contributed by atoms with van der Waals surface area (Å²) >= 11 is 0. The molecule has 86 valence electrons. The molecule has 0 unspecified atom stereocenters. The Bertz CT molecular complexity index is 231. The summed E-state index contributed by atoms with van der Waals surface area (Å²) in [5.41, 5.74) is 0.437. The van der Waals surface area contributed by atoms with Crippen LogP contribution in [0.15, 0.2) is 12.8 Å². The van der Waals surface area contributed by atoms with Gasteiger partial charge in [-0.1, -0.05) is 6.58 Å². The van der Waals surface area contributed by atoms with Gasteiger partial charge in [0.2, 0.25) is 0 Å². The van der Waals surface area contributed by atoms with Crippen LogP contribution in [0.4, 0.5) is 0 Å². The highest BCUT2D eigenvalue weighted by molar-refractivity contribution is 4.99. The van der Waals surface area contributed by atoms with E-state index >= 15 is 0 Å². The minimum absolute atomic E-state index is 0.437. The second-order valence-corrected chi connectivity index (χ2v) is 5.10. The molecule has 0 aromatic rings. The van der Waals surface area contributed by atoms with E-state index in [1.54, 1.807) is 0 Å². The first-order valence-electron chi connectivity index (χ1n) is 5.93. The van der Waals surface area contributed by atoms with Crippen LogP contribution in [-0.2, 0) is 0 Å². The van der Waals surface area contributed by atoms with E-state index in [9.17, 15) is 0 Å². The molecule has 3 heteroatoms. The molecule has 0 bridgehead atoms. The van der Waals surface area contributed by atoms with Gasteiger partial charge in [-0.2, -0.15) is 0 Å². The van der Waals surface area contributed by atoms with Crippen LogP contribution in [0.1, 0.15) is 12.8 Å². The topological polar surface area (TPSA) is 9.72 Å². The fourth-order valence-electron chi connectivity index (χ4n) is 2.92. The smallest absolute Gasteiger partial charge is 0.0367 e. The van der Waals surface area contributed by atoms with E-state index in [2.05, 4.69) is 35.4 Å². The number of hydrogen-bond donors (Lipinski definition) is 0. The molecule has 2 fully saturated rings. The van der Waals surface area contributed by atoms with Gasteiger partial charge < -0.3 is 9.80 Å². The number of likely N-dealkylation sites (N-methyl/N-ethyl adjacent to an activating group) is 2. The molecule has 0 atom stereocenters. The molecule has 1 spiro atoms. The van der Waals surface area contributed by atoms with Gasteiger partial charge in [0.15, 0.2) is 0 Å². The summed E-state index contributed by atoms with van der Waals surface area (Å²) in [5, 5.41) is 0. The Hall–Kier alpha value is -0.540. The minimum Gasteiger partial charge on any atom is -0.378 e. The van der Waals surface area contributed by atoms with Crippen molar-refractivity contribution in [1.29, 1.82) is 0 Å². The lowest BCUT2D eigenvalue weighted by Crippen LogP contribution is -2.63. The Morgan fingerprint density at radius 1 is 1.07 bits per heavy atom. The quantitative estimate of drug-likeness (QED) is 0.634. The third-order valence-electron chi connectivity index (χ3n) is 4.18. The summed E-state index contributed by atoms with van der Waals surface area (Å²) in [4.78, 5) is 7.39. The van der Waals surface area contributed by atoms with Crippen molar-refractivity contribution in [3.8, 4) is 0 Å². The second-order valence-electron chi connectivity index (χ2n) is 5.10. The van der Waals surface area contributed by atoms with Crippen molar-refractivity contribution in [2.24, 2.45) is 0 Å². The summed E-state index contributed by atoms with van der Waals surface area (Å²) in [5.74, 6) is 0. The van der Waals surface area contributed by atoms with Crippen LogP contribution in [0.5, 0.6) is 0 Å². The Morgan fingerprint density at radius 2 is 1.73 bits per heavy atom. The molecule has 2 rings (SSSR count). The van der Waals surface area contributed by atoms with Crippen molar-refractivity contribution in [3.05, 3.63) is 12.8 Å². The summed E-state index contributed by atoms with van der Waals surface area (Å²) in [6.07, 6.45) is 4.54. The molecule has 0 aromatic carbocycles. The van der Waals surface area contributed by atoms with E-state index in [4.69, 9.17) is 0 Å². The first kappa shape index (κ1) is 11.0. The van der Waals surface area contributed by atoms with Crippen LogP contribution in [0.2, 0.25) is 0 Å². The maximum Gasteiger partial charge on any atom is 0.0367 e. The normalized spacial score (nSPS) is 28.3. The molecule has 2 aliphatic heterocycles. The molecule has 2 heterocycles. The molecular formula is C12H23N3. The Balaban J connectivity index is 2.03. The van der Waals surface area contributed by atoms with Crippen LogP contribution >= 0.6 is 0 Å². The number of rotatable bonds is 1. The first-order valence-corrected chi connectivity index (χ1v) is 5.93. The Morgan fingerprint density at radius 3 is 2.33 bits per heavy atom. The third-order valence-corrected chi connectivity index (χ3v) is 4.18. The molecule has 0 amide bonds. The van der Waals surface area contributed by atoms with Gasteiger partial charge in [-0.3, -0.25) is 4.90 Å². The summed E-state index contributed by atoms with van der Waals surface area (Å²) in [6.45, 7) is 9.85. The van der Waals surface area contributed by atoms with Crippen molar-refractivity contribution < 1.29 is 0 Å². The van der Waals surface area contributed by atoms with E-state index in [1.165, 1.54) is 45.6 Å². The van der Waals surface area contributed by atoms with Gasteiger partial charge >= 0.3 is 0 Å². The van der Waals surface area contributed by atoms with E-state index in [0.717, 1.165) is 0 Å². The predicted octanol–water partition coefficient (Wildman–Crippen LogP) is 0.842. The fraction of sp³-hybridized carbons (Fsp3) is 0.833. The zero-order valence-corrected chi connectivity index (χ0v) is 10.1. The zero-order chi connectivity index (χ0) is 10.9. The van der Waals surface area contributed by atoms with E-state index < -0.39 is 0 Å². The van der Waals surface area contributed by atoms with E-state index in [0.29, 0.717) is 5.54 Å². The van der Waals surface area contributed by atoms with Gasteiger partial charge in [-0.05, 0) is 33.1 Å². The minimum atomic E-state index is 0.437. The van der Waals surface area contributed by atoms with Crippen molar-refractivity contribution in [1.82, 2.24) is 14.7 Å². The van der Waals surface area contributed by atoms with Crippen LogP contribution in [0.3, 0.4) is 0 Å². The Labute approximate surface area is 93.3 Å². The highest BCUT2D eigenvalue weighted by Crippen LogP contribution is 2.30. The fourth-order valence-corrected chi connectivity index (χ4v) is 2.92. The molecular weight excluding hydrogens is 186 g/mol. The number of likely N-dealkylation sites (tertiary alicyclic amines) is 1. The Kier molecular flexibility index (Phi) is 3.03. The molecule has 0 aromatic heterocycles. The summed E-state index contributed by atoms with van der Waals surface area (Å²) in [7, 11) is 4.53. The van der Waals surface area contributed by atoms with E-state index in [-0.39, 0.29) is 0 Å². The number of piperidine rings is 1. The third kappa shape index (κ3) is 2.04. The van der Waals surface area contributed by atoms with Gasteiger partial charge in [0.1, 0.15) is 0 Å². The molecule has 0 radical (unpaired) electrons. The van der Waals surface area contributed by atoms with Crippen LogP contribution in [-0.4, -0.2) is 67.1 Å². The second kappa shape index (κ2) is 4.14. The van der Waals surface area contributed by atoms with Crippen molar-refractivity contribution >= 4 is 0 Å². The van der Waals surface area contributed by atoms with Crippen molar-refractivity contribution in [2.75, 3.05) is 46.8 Å². The number of nitrogens with zero attached hydrogens (tertiary/aromatic N) is 3. The SMILES string of the molecule is C=CN1CCC2(CC1)CN(C)CCN2C. The van der Waals surface area contributed by atoms with Crippen molar-refractivity contribution in [3.63, 3.8) is 0 Å². The molecule has 0 aliphatic carbocycles. The van der Waals surface area contributed by atoms with E-state index in [1.807, 2.05) is 6.20 Å². The maximum atomic E-state index is 3.85. The maximum absolute atomic E-state index is 3.85. The van der Waals surface area contributed by atoms with Crippen molar-refractivity contribution in [2.45, 2.75) is 18.4 Å². The molecule has 0 saturated carbocycles. The highest BCUT2D eigenvalue weighted by atomic mass is 15.3. The molecule has 0 N–H and O–H groups in total. The van der Waals surface area contributed by atoms with Gasteiger partial charge in [-0.25, -0.2) is 0 Å². The molecule has 2 aliphatic rings. The average molecular weight is 209 g/mol. The zero-order valence-electron chi connectivity index (χ0n) is 10.1. The predicted molar refractivity (Wildman–Crippen MR) is 63.9 cm³/mol. The van der Waals surface area contributed by atoms with Gasteiger partial charge in [0.25, 0.3) is 0 Å². The van der Waals surface area contributed by atoms with Gasteiger partial charge in [-0.15, -0.1) is 0 Å². The van der Waals surface area contributed by atoms with Gasteiger partial charge in [0, 0.05) is 38.3 Å². The van der Waals surface area contributed by atoms with Crippen LogP contribution in [0, 0.1) is 0 Å². The standard InChI is InChI=1S/C12H23N3/c1-4-15-7-5-12(6-8-15)11-13(2)9-10-14(12)3/h4H,1,5-11H2,2-3H3. The lowest BCUT2D eigenvalue weighted by Gasteiger charge is -2.52. The molecule has 2 saturated heterocycles. The largest absolute Gasteiger partial charge is 0.378 e. The lowest BCUT2D eigenvalue weighted by atomic mass is 9.84. The molecule has 15 heavy (non-hydrogen) atoms. The van der Waals surface area contributed by atoms with Crippen LogP contribution in [0.25, 0.3) is 0 Å². The molecule has 3 nitrogen and oxygen atoms in total. The average Bonchev–Trinajstić information content (AvgIpc) is 2.25. The van der Waals surface area contributed by atoms with Crippen LogP contribution < -0.4 is 0 Å².